The topological polar surface area (TPSA) is 12.0 Å². The SMILES string of the molecule is Cc1cccc(NCc2ccc(Cl)cc2Cl)c1F. The molecule has 4 heteroatoms. The first kappa shape index (κ1) is 13.2. The molecule has 1 N–H and O–H groups in total. The van der Waals surface area contributed by atoms with E-state index in [9.17, 15) is 4.39 Å². The molecule has 2 aromatic carbocycles. The second-order valence-electron chi connectivity index (χ2n) is 4.03. The number of aryl methyl sites for hydroxylation is 1. The van der Waals surface area contributed by atoms with E-state index < -0.39 is 0 Å². The summed E-state index contributed by atoms with van der Waals surface area (Å²) in [6.07, 6.45) is 0. The van der Waals surface area contributed by atoms with E-state index in [0.717, 1.165) is 5.56 Å². The molecule has 0 atom stereocenters. The fourth-order valence-corrected chi connectivity index (χ4v) is 2.11. The Labute approximate surface area is 116 Å². The minimum atomic E-state index is -0.234. The van der Waals surface area contributed by atoms with Gasteiger partial charge in [0.05, 0.1) is 5.69 Å². The van der Waals surface area contributed by atoms with Crippen LogP contribution in [0.3, 0.4) is 0 Å². The van der Waals surface area contributed by atoms with Crippen molar-refractivity contribution in [2.45, 2.75) is 13.5 Å². The van der Waals surface area contributed by atoms with E-state index in [4.69, 9.17) is 23.2 Å². The van der Waals surface area contributed by atoms with Crippen LogP contribution in [-0.2, 0) is 6.54 Å². The van der Waals surface area contributed by atoms with E-state index in [2.05, 4.69) is 5.32 Å². The number of nitrogens with one attached hydrogen (secondary N) is 1. The lowest BCUT2D eigenvalue weighted by Gasteiger charge is -2.10. The summed E-state index contributed by atoms with van der Waals surface area (Å²) < 4.78 is 13.8. The Balaban J connectivity index is 2.14. The summed E-state index contributed by atoms with van der Waals surface area (Å²) in [7, 11) is 0. The van der Waals surface area contributed by atoms with Crippen molar-refractivity contribution in [2.75, 3.05) is 5.32 Å². The van der Waals surface area contributed by atoms with E-state index in [1.807, 2.05) is 12.1 Å². The van der Waals surface area contributed by atoms with Crippen LogP contribution in [-0.4, -0.2) is 0 Å². The van der Waals surface area contributed by atoms with Gasteiger partial charge in [-0.2, -0.15) is 0 Å². The maximum absolute atomic E-state index is 13.8. The van der Waals surface area contributed by atoms with Gasteiger partial charge in [0.2, 0.25) is 0 Å². The number of halogens is 3. The van der Waals surface area contributed by atoms with Gasteiger partial charge >= 0.3 is 0 Å². The average molecular weight is 284 g/mol. The summed E-state index contributed by atoms with van der Waals surface area (Å²) >= 11 is 11.9. The summed E-state index contributed by atoms with van der Waals surface area (Å²) in [4.78, 5) is 0. The Kier molecular flexibility index (Phi) is 4.10. The zero-order valence-corrected chi connectivity index (χ0v) is 11.3. The van der Waals surface area contributed by atoms with Crippen LogP contribution < -0.4 is 5.32 Å². The molecule has 0 unspecified atom stereocenters. The standard InChI is InChI=1S/C14H12Cl2FN/c1-9-3-2-4-13(14(9)17)18-8-10-5-6-11(15)7-12(10)16/h2-7,18H,8H2,1H3. The van der Waals surface area contributed by atoms with Gasteiger partial charge in [0.25, 0.3) is 0 Å². The summed E-state index contributed by atoms with van der Waals surface area (Å²) in [6, 6.07) is 10.5. The molecule has 0 saturated heterocycles. The number of anilines is 1. The molecule has 94 valence electrons. The quantitative estimate of drug-likeness (QED) is 0.831. The molecule has 2 rings (SSSR count). The van der Waals surface area contributed by atoms with Crippen molar-refractivity contribution in [3.8, 4) is 0 Å². The molecule has 0 heterocycles. The van der Waals surface area contributed by atoms with Gasteiger partial charge in [-0.25, -0.2) is 4.39 Å². The molecule has 0 amide bonds. The maximum Gasteiger partial charge on any atom is 0.149 e. The average Bonchev–Trinajstić information content (AvgIpc) is 2.33. The number of rotatable bonds is 3. The van der Waals surface area contributed by atoms with Gasteiger partial charge in [0.1, 0.15) is 5.82 Å². The Morgan fingerprint density at radius 1 is 1.17 bits per heavy atom. The third-order valence-corrected chi connectivity index (χ3v) is 3.26. The minimum Gasteiger partial charge on any atom is -0.379 e. The molecule has 0 aliphatic carbocycles. The molecule has 18 heavy (non-hydrogen) atoms. The summed E-state index contributed by atoms with van der Waals surface area (Å²) in [5, 5.41) is 4.19. The molecule has 1 nitrogen and oxygen atoms in total. The zero-order valence-electron chi connectivity index (χ0n) is 9.81. The lowest BCUT2D eigenvalue weighted by molar-refractivity contribution is 0.621. The van der Waals surface area contributed by atoms with Crippen LogP contribution in [0.1, 0.15) is 11.1 Å². The maximum atomic E-state index is 13.8. The Hall–Kier alpha value is -1.25. The highest BCUT2D eigenvalue weighted by molar-refractivity contribution is 6.35. The van der Waals surface area contributed by atoms with Crippen LogP contribution >= 0.6 is 23.2 Å². The van der Waals surface area contributed by atoms with Crippen LogP contribution in [0.5, 0.6) is 0 Å². The van der Waals surface area contributed by atoms with Crippen LogP contribution in [0.2, 0.25) is 10.0 Å². The molecule has 0 radical (unpaired) electrons. The molecule has 0 aliphatic rings. The largest absolute Gasteiger partial charge is 0.379 e. The fraction of sp³-hybridized carbons (Fsp3) is 0.143. The number of benzene rings is 2. The first-order valence-corrected chi connectivity index (χ1v) is 6.26. The second kappa shape index (κ2) is 5.59. The first-order valence-electron chi connectivity index (χ1n) is 5.51. The third kappa shape index (κ3) is 2.95. The highest BCUT2D eigenvalue weighted by Crippen LogP contribution is 2.23. The third-order valence-electron chi connectivity index (χ3n) is 2.68. The van der Waals surface area contributed by atoms with Crippen molar-refractivity contribution in [1.29, 1.82) is 0 Å². The number of hydrogen-bond donors (Lipinski definition) is 1. The minimum absolute atomic E-state index is 0.234. The van der Waals surface area contributed by atoms with Gasteiger partial charge in [-0.15, -0.1) is 0 Å². The second-order valence-corrected chi connectivity index (χ2v) is 4.87. The Morgan fingerprint density at radius 2 is 1.94 bits per heavy atom. The molecule has 0 aromatic heterocycles. The van der Waals surface area contributed by atoms with Crippen molar-refractivity contribution >= 4 is 28.9 Å². The van der Waals surface area contributed by atoms with Crippen LogP contribution in [0.4, 0.5) is 10.1 Å². The highest BCUT2D eigenvalue weighted by Gasteiger charge is 2.05. The van der Waals surface area contributed by atoms with Crippen molar-refractivity contribution in [3.05, 3.63) is 63.4 Å². The summed E-state index contributed by atoms with van der Waals surface area (Å²) in [6.45, 7) is 2.19. The van der Waals surface area contributed by atoms with Gasteiger partial charge in [-0.05, 0) is 36.2 Å². The van der Waals surface area contributed by atoms with E-state index in [-0.39, 0.29) is 5.82 Å². The van der Waals surface area contributed by atoms with E-state index in [1.54, 1.807) is 31.2 Å². The smallest absolute Gasteiger partial charge is 0.149 e. The predicted octanol–water partition coefficient (Wildman–Crippen LogP) is 5.05. The molecular weight excluding hydrogens is 272 g/mol. The molecular formula is C14H12Cl2FN. The monoisotopic (exact) mass is 283 g/mol. The first-order chi connectivity index (χ1) is 8.58. The Bertz CT molecular complexity index is 570. The zero-order chi connectivity index (χ0) is 13.1. The van der Waals surface area contributed by atoms with Crippen molar-refractivity contribution in [2.24, 2.45) is 0 Å². The molecule has 2 aromatic rings. The van der Waals surface area contributed by atoms with Crippen molar-refractivity contribution in [1.82, 2.24) is 0 Å². The lowest BCUT2D eigenvalue weighted by atomic mass is 10.2. The fourth-order valence-electron chi connectivity index (χ4n) is 1.64. The molecule has 0 spiro atoms. The van der Waals surface area contributed by atoms with Crippen molar-refractivity contribution in [3.63, 3.8) is 0 Å². The van der Waals surface area contributed by atoms with Gasteiger partial charge in [0.15, 0.2) is 0 Å². The predicted molar refractivity (Wildman–Crippen MR) is 74.9 cm³/mol. The molecule has 0 saturated carbocycles. The van der Waals surface area contributed by atoms with E-state index >= 15 is 0 Å². The van der Waals surface area contributed by atoms with E-state index in [1.165, 1.54) is 0 Å². The van der Waals surface area contributed by atoms with Gasteiger partial charge in [-0.1, -0.05) is 41.4 Å². The highest BCUT2D eigenvalue weighted by atomic mass is 35.5. The number of hydrogen-bond acceptors (Lipinski definition) is 1. The van der Waals surface area contributed by atoms with Gasteiger partial charge in [0, 0.05) is 16.6 Å². The summed E-state index contributed by atoms with van der Waals surface area (Å²) in [5.41, 5.74) is 1.96. The van der Waals surface area contributed by atoms with Crippen LogP contribution in [0.15, 0.2) is 36.4 Å². The van der Waals surface area contributed by atoms with Crippen LogP contribution in [0, 0.1) is 12.7 Å². The molecule has 0 fully saturated rings. The molecule has 0 aliphatic heterocycles. The molecule has 0 bridgehead atoms. The normalized spacial score (nSPS) is 10.4. The summed E-state index contributed by atoms with van der Waals surface area (Å²) in [5.74, 6) is -0.234. The van der Waals surface area contributed by atoms with Gasteiger partial charge < -0.3 is 5.32 Å². The lowest BCUT2D eigenvalue weighted by Crippen LogP contribution is -2.02. The van der Waals surface area contributed by atoms with Crippen molar-refractivity contribution < 1.29 is 4.39 Å². The van der Waals surface area contributed by atoms with E-state index in [0.29, 0.717) is 27.8 Å². The van der Waals surface area contributed by atoms with Crippen LogP contribution in [0.25, 0.3) is 0 Å². The van der Waals surface area contributed by atoms with Gasteiger partial charge in [-0.3, -0.25) is 0 Å². The Morgan fingerprint density at radius 3 is 2.67 bits per heavy atom.